The molecule has 0 radical (unpaired) electrons. The van der Waals surface area contributed by atoms with Gasteiger partial charge in [-0.15, -0.1) is 11.3 Å². The van der Waals surface area contributed by atoms with Gasteiger partial charge in [0, 0.05) is 11.4 Å². The molecule has 0 fully saturated rings. The van der Waals surface area contributed by atoms with Crippen LogP contribution in [0, 0.1) is 12.7 Å². The predicted octanol–water partition coefficient (Wildman–Crippen LogP) is 4.51. The van der Waals surface area contributed by atoms with Crippen LogP contribution < -0.4 is 5.32 Å². The van der Waals surface area contributed by atoms with Crippen molar-refractivity contribution in [2.45, 2.75) is 19.6 Å². The molecule has 0 aliphatic rings. The van der Waals surface area contributed by atoms with Crippen LogP contribution in [-0.4, -0.2) is 12.7 Å². The lowest BCUT2D eigenvalue weighted by Crippen LogP contribution is -2.28. The van der Waals surface area contributed by atoms with Crippen LogP contribution in [-0.2, 0) is 6.54 Å². The predicted molar refractivity (Wildman–Crippen MR) is 72.2 cm³/mol. The monoisotopic (exact) mass is 303 g/mol. The highest BCUT2D eigenvalue weighted by Crippen LogP contribution is 2.32. The molecule has 0 atom stereocenters. The summed E-state index contributed by atoms with van der Waals surface area (Å²) in [6.07, 6.45) is -4.22. The van der Waals surface area contributed by atoms with Crippen molar-refractivity contribution in [3.8, 4) is 11.1 Å². The molecule has 0 aliphatic heterocycles. The van der Waals surface area contributed by atoms with E-state index in [0.717, 1.165) is 21.6 Å². The molecule has 1 N–H and O–H groups in total. The Morgan fingerprint density at radius 1 is 1.15 bits per heavy atom. The zero-order valence-electron chi connectivity index (χ0n) is 10.7. The van der Waals surface area contributed by atoms with Crippen molar-refractivity contribution in [2.75, 3.05) is 6.54 Å². The van der Waals surface area contributed by atoms with Crippen LogP contribution in [0.15, 0.2) is 29.6 Å². The number of thiophene rings is 1. The molecule has 0 aliphatic carbocycles. The minimum Gasteiger partial charge on any atom is -0.305 e. The molecule has 108 valence electrons. The minimum absolute atomic E-state index is 0.135. The summed E-state index contributed by atoms with van der Waals surface area (Å²) in [7, 11) is 0. The average Bonchev–Trinajstić information content (AvgIpc) is 2.70. The molecule has 0 bridgehead atoms. The van der Waals surface area contributed by atoms with Crippen LogP contribution in [0.2, 0.25) is 0 Å². The van der Waals surface area contributed by atoms with Gasteiger partial charge < -0.3 is 5.32 Å². The first-order valence-electron chi connectivity index (χ1n) is 5.97. The maximum absolute atomic E-state index is 12.9. The summed E-state index contributed by atoms with van der Waals surface area (Å²) in [6, 6.07) is 5.97. The molecule has 2 rings (SSSR count). The fourth-order valence-electron chi connectivity index (χ4n) is 1.98. The van der Waals surface area contributed by atoms with Crippen molar-refractivity contribution in [2.24, 2.45) is 0 Å². The smallest absolute Gasteiger partial charge is 0.305 e. The minimum atomic E-state index is -4.22. The Labute approximate surface area is 118 Å². The fraction of sp³-hybridized carbons (Fsp3) is 0.286. The fourth-order valence-corrected chi connectivity index (χ4v) is 2.86. The maximum atomic E-state index is 12.9. The summed E-state index contributed by atoms with van der Waals surface area (Å²) >= 11 is 1.47. The third-order valence-electron chi connectivity index (χ3n) is 2.82. The molecule has 1 nitrogen and oxygen atoms in total. The summed E-state index contributed by atoms with van der Waals surface area (Å²) in [6.45, 7) is 1.01. The summed E-state index contributed by atoms with van der Waals surface area (Å²) in [4.78, 5) is 1.00. The van der Waals surface area contributed by atoms with E-state index in [1.54, 1.807) is 12.1 Å². The zero-order valence-corrected chi connectivity index (χ0v) is 11.5. The van der Waals surface area contributed by atoms with E-state index in [9.17, 15) is 17.6 Å². The summed E-state index contributed by atoms with van der Waals surface area (Å²) in [5.74, 6) is -0.335. The van der Waals surface area contributed by atoms with Crippen LogP contribution in [0.25, 0.3) is 11.1 Å². The lowest BCUT2D eigenvalue weighted by Gasteiger charge is -2.10. The summed E-state index contributed by atoms with van der Waals surface area (Å²) in [5, 5.41) is 4.21. The first kappa shape index (κ1) is 15.0. The standard InChI is InChI=1S/C14H13F4NS/c1-9-13(10-2-4-12(15)5-3-10)11(7-20-9)6-19-8-14(16,17)18/h2-5,7,19H,6,8H2,1H3. The van der Waals surface area contributed by atoms with Crippen molar-refractivity contribution < 1.29 is 17.6 Å². The van der Waals surface area contributed by atoms with Gasteiger partial charge >= 0.3 is 6.18 Å². The SMILES string of the molecule is Cc1scc(CNCC(F)(F)F)c1-c1ccc(F)cc1. The number of halogens is 4. The molecule has 0 saturated carbocycles. The van der Waals surface area contributed by atoms with Gasteiger partial charge in [0.1, 0.15) is 5.82 Å². The lowest BCUT2D eigenvalue weighted by atomic mass is 10.0. The van der Waals surface area contributed by atoms with Crippen LogP contribution in [0.4, 0.5) is 17.6 Å². The number of nitrogens with one attached hydrogen (secondary N) is 1. The highest BCUT2D eigenvalue weighted by atomic mass is 32.1. The molecule has 1 aromatic carbocycles. The van der Waals surface area contributed by atoms with E-state index >= 15 is 0 Å². The largest absolute Gasteiger partial charge is 0.401 e. The van der Waals surface area contributed by atoms with Crippen molar-refractivity contribution in [3.05, 3.63) is 45.9 Å². The lowest BCUT2D eigenvalue weighted by molar-refractivity contribution is -0.125. The molecule has 1 heterocycles. The van der Waals surface area contributed by atoms with Crippen molar-refractivity contribution in [3.63, 3.8) is 0 Å². The summed E-state index contributed by atoms with van der Waals surface area (Å²) in [5.41, 5.74) is 2.49. The van der Waals surface area contributed by atoms with E-state index in [0.29, 0.717) is 0 Å². The number of benzene rings is 1. The van der Waals surface area contributed by atoms with Gasteiger partial charge in [0.05, 0.1) is 6.54 Å². The van der Waals surface area contributed by atoms with Crippen LogP contribution >= 0.6 is 11.3 Å². The van der Waals surface area contributed by atoms with Gasteiger partial charge in [0.2, 0.25) is 0 Å². The van der Waals surface area contributed by atoms with Gasteiger partial charge in [0.25, 0.3) is 0 Å². The number of hydrogen-bond acceptors (Lipinski definition) is 2. The molecule has 0 spiro atoms. The molecule has 1 aromatic heterocycles. The van der Waals surface area contributed by atoms with Gasteiger partial charge in [0.15, 0.2) is 0 Å². The van der Waals surface area contributed by atoms with Gasteiger partial charge in [-0.05, 0) is 41.1 Å². The second-order valence-corrected chi connectivity index (χ2v) is 5.50. The van der Waals surface area contributed by atoms with Gasteiger partial charge in [-0.25, -0.2) is 4.39 Å². The Balaban J connectivity index is 2.17. The molecule has 2 aromatic rings. The first-order valence-corrected chi connectivity index (χ1v) is 6.85. The van der Waals surface area contributed by atoms with Crippen LogP contribution in [0.1, 0.15) is 10.4 Å². The molecule has 20 heavy (non-hydrogen) atoms. The van der Waals surface area contributed by atoms with E-state index < -0.39 is 12.7 Å². The second kappa shape index (κ2) is 5.93. The average molecular weight is 303 g/mol. The zero-order chi connectivity index (χ0) is 14.8. The van der Waals surface area contributed by atoms with E-state index in [4.69, 9.17) is 0 Å². The number of hydrogen-bond donors (Lipinski definition) is 1. The molecule has 0 amide bonds. The van der Waals surface area contributed by atoms with Crippen molar-refractivity contribution in [1.29, 1.82) is 0 Å². The van der Waals surface area contributed by atoms with E-state index in [1.807, 2.05) is 12.3 Å². The van der Waals surface area contributed by atoms with Gasteiger partial charge in [-0.3, -0.25) is 0 Å². The second-order valence-electron chi connectivity index (χ2n) is 4.42. The highest BCUT2D eigenvalue weighted by molar-refractivity contribution is 7.10. The quantitative estimate of drug-likeness (QED) is 0.819. The normalized spacial score (nSPS) is 11.8. The number of alkyl halides is 3. The Morgan fingerprint density at radius 2 is 1.80 bits per heavy atom. The number of rotatable bonds is 4. The third-order valence-corrected chi connectivity index (χ3v) is 3.78. The van der Waals surface area contributed by atoms with Crippen molar-refractivity contribution >= 4 is 11.3 Å². The molecule has 0 saturated heterocycles. The number of aryl methyl sites for hydroxylation is 1. The van der Waals surface area contributed by atoms with Crippen LogP contribution in [0.3, 0.4) is 0 Å². The highest BCUT2D eigenvalue weighted by Gasteiger charge is 2.26. The molecular formula is C14H13F4NS. The Morgan fingerprint density at radius 3 is 2.40 bits per heavy atom. The van der Waals surface area contributed by atoms with Gasteiger partial charge in [-0.1, -0.05) is 12.1 Å². The Kier molecular flexibility index (Phi) is 4.45. The first-order chi connectivity index (χ1) is 9.37. The van der Waals surface area contributed by atoms with E-state index in [2.05, 4.69) is 5.32 Å². The van der Waals surface area contributed by atoms with E-state index in [-0.39, 0.29) is 12.4 Å². The molecule has 6 heteroatoms. The summed E-state index contributed by atoms with van der Waals surface area (Å²) < 4.78 is 49.3. The third kappa shape index (κ3) is 3.80. The van der Waals surface area contributed by atoms with Crippen molar-refractivity contribution in [1.82, 2.24) is 5.32 Å². The Hall–Kier alpha value is -1.40. The van der Waals surface area contributed by atoms with E-state index in [1.165, 1.54) is 23.5 Å². The van der Waals surface area contributed by atoms with Crippen LogP contribution in [0.5, 0.6) is 0 Å². The molecule has 0 unspecified atom stereocenters. The Bertz CT molecular complexity index is 572. The maximum Gasteiger partial charge on any atom is 0.401 e. The molecular weight excluding hydrogens is 290 g/mol. The topological polar surface area (TPSA) is 12.0 Å². The van der Waals surface area contributed by atoms with Gasteiger partial charge in [-0.2, -0.15) is 13.2 Å².